The summed E-state index contributed by atoms with van der Waals surface area (Å²) in [5.74, 6) is -0.427. The van der Waals surface area contributed by atoms with Crippen LogP contribution in [-0.4, -0.2) is 47.0 Å². The summed E-state index contributed by atoms with van der Waals surface area (Å²) in [6.45, 7) is 17.6. The lowest BCUT2D eigenvalue weighted by atomic mass is 9.97. The van der Waals surface area contributed by atoms with Crippen LogP contribution in [0, 0.1) is 11.8 Å². The Balaban J connectivity index is 2.47. The standard InChI is InChI=1S/C28H43N3O4/c1-9-11-15-29-25(32)24(21-14-12-13-20(10-2)17-21)31(22-16-19(22)5)26(33)23(18(3)4)30-27(34)35-28(6,7)8/h10,12-14,17-19,22-24H,2,9,11,15-16H2,1,3-8H3,(H,29,32)(H,30,34). The van der Waals surface area contributed by atoms with Crippen molar-refractivity contribution in [2.24, 2.45) is 11.8 Å². The Labute approximate surface area is 210 Å². The fourth-order valence-corrected chi connectivity index (χ4v) is 4.06. The second-order valence-corrected chi connectivity index (χ2v) is 10.8. The van der Waals surface area contributed by atoms with Gasteiger partial charge in [0.05, 0.1) is 0 Å². The first kappa shape index (κ1) is 28.4. The molecule has 4 atom stereocenters. The van der Waals surface area contributed by atoms with E-state index in [1.165, 1.54) is 0 Å². The maximum absolute atomic E-state index is 14.1. The van der Waals surface area contributed by atoms with Crippen LogP contribution in [0.25, 0.3) is 6.08 Å². The number of unbranched alkanes of at least 4 members (excludes halogenated alkanes) is 1. The van der Waals surface area contributed by atoms with E-state index in [2.05, 4.69) is 31.1 Å². The molecule has 1 aliphatic carbocycles. The quantitative estimate of drug-likeness (QED) is 0.428. The molecule has 1 aromatic carbocycles. The number of carbonyl (C=O) groups excluding carboxylic acids is 3. The summed E-state index contributed by atoms with van der Waals surface area (Å²) in [6, 6.07) is 5.83. The highest BCUT2D eigenvalue weighted by Gasteiger charge is 2.48. The third-order valence-corrected chi connectivity index (χ3v) is 6.10. The number of carbonyl (C=O) groups is 3. The molecule has 0 radical (unpaired) electrons. The molecule has 35 heavy (non-hydrogen) atoms. The fraction of sp³-hybridized carbons (Fsp3) is 0.607. The van der Waals surface area contributed by atoms with Crippen LogP contribution in [-0.2, 0) is 14.3 Å². The molecule has 0 aromatic heterocycles. The number of alkyl carbamates (subject to hydrolysis) is 1. The van der Waals surface area contributed by atoms with E-state index in [1.807, 2.05) is 38.1 Å². The largest absolute Gasteiger partial charge is 0.444 e. The maximum atomic E-state index is 14.1. The number of hydrogen-bond acceptors (Lipinski definition) is 4. The van der Waals surface area contributed by atoms with Crippen molar-refractivity contribution in [1.29, 1.82) is 0 Å². The van der Waals surface area contributed by atoms with Crippen molar-refractivity contribution in [3.63, 3.8) is 0 Å². The van der Waals surface area contributed by atoms with E-state index in [9.17, 15) is 14.4 Å². The fourth-order valence-electron chi connectivity index (χ4n) is 4.06. The van der Waals surface area contributed by atoms with Crippen LogP contribution in [0.5, 0.6) is 0 Å². The van der Waals surface area contributed by atoms with E-state index >= 15 is 0 Å². The van der Waals surface area contributed by atoms with Gasteiger partial charge >= 0.3 is 6.09 Å². The van der Waals surface area contributed by atoms with Gasteiger partial charge in [-0.15, -0.1) is 0 Å². The van der Waals surface area contributed by atoms with Gasteiger partial charge in [0.15, 0.2) is 0 Å². The molecule has 194 valence electrons. The zero-order valence-electron chi connectivity index (χ0n) is 22.4. The Morgan fingerprint density at radius 2 is 1.91 bits per heavy atom. The van der Waals surface area contributed by atoms with Gasteiger partial charge in [0, 0.05) is 12.6 Å². The molecule has 0 spiro atoms. The highest BCUT2D eigenvalue weighted by atomic mass is 16.6. The summed E-state index contributed by atoms with van der Waals surface area (Å²) >= 11 is 0. The summed E-state index contributed by atoms with van der Waals surface area (Å²) in [5.41, 5.74) is 0.910. The molecule has 0 bridgehead atoms. The van der Waals surface area contributed by atoms with E-state index in [4.69, 9.17) is 4.74 Å². The van der Waals surface area contributed by atoms with Gasteiger partial charge in [-0.05, 0) is 62.6 Å². The molecular weight excluding hydrogens is 442 g/mol. The Hall–Kier alpha value is -2.83. The minimum atomic E-state index is -0.828. The van der Waals surface area contributed by atoms with Crippen molar-refractivity contribution in [2.75, 3.05) is 6.54 Å². The third kappa shape index (κ3) is 8.11. The third-order valence-electron chi connectivity index (χ3n) is 6.10. The number of nitrogens with one attached hydrogen (secondary N) is 2. The number of hydrogen-bond donors (Lipinski definition) is 2. The van der Waals surface area contributed by atoms with Crippen molar-refractivity contribution in [3.05, 3.63) is 42.0 Å². The van der Waals surface area contributed by atoms with Gasteiger partial charge in [-0.1, -0.05) is 65.0 Å². The summed E-state index contributed by atoms with van der Waals surface area (Å²) < 4.78 is 5.42. The van der Waals surface area contributed by atoms with E-state index in [1.54, 1.807) is 31.7 Å². The van der Waals surface area contributed by atoms with Crippen LogP contribution in [0.15, 0.2) is 30.8 Å². The molecule has 1 aromatic rings. The van der Waals surface area contributed by atoms with E-state index < -0.39 is 23.8 Å². The Morgan fingerprint density at radius 1 is 1.26 bits per heavy atom. The van der Waals surface area contributed by atoms with E-state index in [-0.39, 0.29) is 29.7 Å². The number of benzene rings is 1. The second-order valence-electron chi connectivity index (χ2n) is 10.8. The lowest BCUT2D eigenvalue weighted by Crippen LogP contribution is -2.55. The summed E-state index contributed by atoms with van der Waals surface area (Å²) in [7, 11) is 0. The monoisotopic (exact) mass is 485 g/mol. The van der Waals surface area contributed by atoms with Crippen LogP contribution in [0.1, 0.15) is 84.9 Å². The van der Waals surface area contributed by atoms with Crippen LogP contribution < -0.4 is 10.6 Å². The van der Waals surface area contributed by atoms with Crippen molar-refractivity contribution < 1.29 is 19.1 Å². The number of rotatable bonds is 11. The molecule has 4 unspecified atom stereocenters. The second kappa shape index (κ2) is 12.2. The molecule has 0 aliphatic heterocycles. The average Bonchev–Trinajstić information content (AvgIpc) is 3.49. The first-order valence-electron chi connectivity index (χ1n) is 12.7. The minimum absolute atomic E-state index is 0.0847. The number of nitrogens with zero attached hydrogens (tertiary/aromatic N) is 1. The maximum Gasteiger partial charge on any atom is 0.408 e. The van der Waals surface area contributed by atoms with Crippen molar-refractivity contribution in [2.45, 2.75) is 91.5 Å². The SMILES string of the molecule is C=Cc1cccc(C(C(=O)NCCCC)N(C(=O)C(NC(=O)OC(C)(C)C)C(C)C)C2CC2C)c1. The molecule has 0 saturated heterocycles. The molecule has 1 saturated carbocycles. The zero-order valence-corrected chi connectivity index (χ0v) is 22.4. The molecule has 0 heterocycles. The Morgan fingerprint density at radius 3 is 2.43 bits per heavy atom. The lowest BCUT2D eigenvalue weighted by Gasteiger charge is -2.36. The van der Waals surface area contributed by atoms with Gasteiger partial charge in [-0.2, -0.15) is 0 Å². The number of amides is 3. The van der Waals surface area contributed by atoms with Gasteiger partial charge < -0.3 is 20.3 Å². The van der Waals surface area contributed by atoms with Crippen LogP contribution in [0.2, 0.25) is 0 Å². The minimum Gasteiger partial charge on any atom is -0.444 e. The molecular formula is C28H43N3O4. The summed E-state index contributed by atoms with van der Waals surface area (Å²) in [6.07, 6.45) is 3.69. The summed E-state index contributed by atoms with van der Waals surface area (Å²) in [5, 5.41) is 5.79. The van der Waals surface area contributed by atoms with Gasteiger partial charge in [0.2, 0.25) is 11.8 Å². The first-order chi connectivity index (χ1) is 16.4. The van der Waals surface area contributed by atoms with Crippen LogP contribution in [0.3, 0.4) is 0 Å². The van der Waals surface area contributed by atoms with E-state index in [0.29, 0.717) is 6.54 Å². The molecule has 2 N–H and O–H groups in total. The van der Waals surface area contributed by atoms with Crippen LogP contribution in [0.4, 0.5) is 4.79 Å². The highest BCUT2D eigenvalue weighted by molar-refractivity contribution is 5.92. The Bertz CT molecular complexity index is 906. The zero-order chi connectivity index (χ0) is 26.3. The van der Waals surface area contributed by atoms with Crippen molar-refractivity contribution in [1.82, 2.24) is 15.5 Å². The normalized spacial score (nSPS) is 18.9. The molecule has 2 rings (SSSR count). The van der Waals surface area contributed by atoms with Gasteiger partial charge in [0.25, 0.3) is 0 Å². The van der Waals surface area contributed by atoms with Gasteiger partial charge in [-0.25, -0.2) is 4.79 Å². The van der Waals surface area contributed by atoms with Gasteiger partial charge in [-0.3, -0.25) is 9.59 Å². The van der Waals surface area contributed by atoms with Crippen molar-refractivity contribution >= 4 is 24.0 Å². The molecule has 1 aliphatic rings. The predicted octanol–water partition coefficient (Wildman–Crippen LogP) is 5.07. The number of ether oxygens (including phenoxy) is 1. The van der Waals surface area contributed by atoms with Crippen LogP contribution >= 0.6 is 0 Å². The molecule has 1 fully saturated rings. The molecule has 7 nitrogen and oxygen atoms in total. The van der Waals surface area contributed by atoms with E-state index in [0.717, 1.165) is 30.4 Å². The average molecular weight is 486 g/mol. The summed E-state index contributed by atoms with van der Waals surface area (Å²) in [4.78, 5) is 41.9. The highest BCUT2D eigenvalue weighted by Crippen LogP contribution is 2.41. The predicted molar refractivity (Wildman–Crippen MR) is 140 cm³/mol. The lowest BCUT2D eigenvalue weighted by molar-refractivity contribution is -0.144. The van der Waals surface area contributed by atoms with Gasteiger partial charge in [0.1, 0.15) is 17.7 Å². The molecule has 3 amide bonds. The molecule has 7 heteroatoms. The van der Waals surface area contributed by atoms with Crippen molar-refractivity contribution in [3.8, 4) is 0 Å². The smallest absolute Gasteiger partial charge is 0.408 e. The topological polar surface area (TPSA) is 87.7 Å². The first-order valence-corrected chi connectivity index (χ1v) is 12.7. The Kier molecular flexibility index (Phi) is 9.92.